The topological polar surface area (TPSA) is 83.1 Å². The van der Waals surface area contributed by atoms with E-state index in [0.717, 1.165) is 33.9 Å². The van der Waals surface area contributed by atoms with E-state index >= 15 is 0 Å². The molecule has 3 heterocycles. The number of carbonyl (C=O) groups is 1. The monoisotopic (exact) mass is 411 g/mol. The van der Waals surface area contributed by atoms with Crippen molar-refractivity contribution in [1.82, 2.24) is 15.2 Å². The SMILES string of the molecule is CCOc1ccc(N2C(=O)c3ccccc3N[C@H]2c2cn[nH]c2-c2cccnc2)cc1. The fourth-order valence-electron chi connectivity index (χ4n) is 3.85. The highest BCUT2D eigenvalue weighted by molar-refractivity contribution is 6.12. The number of aromatic nitrogens is 3. The molecule has 2 aromatic carbocycles. The van der Waals surface area contributed by atoms with E-state index in [1.165, 1.54) is 0 Å². The lowest BCUT2D eigenvalue weighted by atomic mass is 10.0. The van der Waals surface area contributed by atoms with Gasteiger partial charge in [-0.2, -0.15) is 5.10 Å². The smallest absolute Gasteiger partial charge is 0.262 e. The predicted molar refractivity (Wildman–Crippen MR) is 119 cm³/mol. The molecule has 1 aliphatic heterocycles. The third-order valence-corrected chi connectivity index (χ3v) is 5.27. The van der Waals surface area contributed by atoms with Crippen LogP contribution in [0.3, 0.4) is 0 Å². The van der Waals surface area contributed by atoms with Gasteiger partial charge in [0.1, 0.15) is 11.9 Å². The van der Waals surface area contributed by atoms with Crippen LogP contribution < -0.4 is 15.0 Å². The third-order valence-electron chi connectivity index (χ3n) is 5.27. The number of para-hydroxylation sites is 1. The van der Waals surface area contributed by atoms with Crippen LogP contribution in [-0.2, 0) is 0 Å². The minimum absolute atomic E-state index is 0.0816. The number of H-pyrrole nitrogens is 1. The van der Waals surface area contributed by atoms with Gasteiger partial charge in [0.05, 0.1) is 24.1 Å². The van der Waals surface area contributed by atoms with Gasteiger partial charge in [-0.1, -0.05) is 12.1 Å². The largest absolute Gasteiger partial charge is 0.494 e. The van der Waals surface area contributed by atoms with Crippen molar-refractivity contribution >= 4 is 17.3 Å². The van der Waals surface area contributed by atoms with Gasteiger partial charge in [0.25, 0.3) is 5.91 Å². The Bertz CT molecular complexity index is 1200. The first-order chi connectivity index (χ1) is 15.3. The van der Waals surface area contributed by atoms with Crippen LogP contribution in [0.25, 0.3) is 11.3 Å². The summed E-state index contributed by atoms with van der Waals surface area (Å²) in [6, 6.07) is 18.9. The van der Waals surface area contributed by atoms with E-state index < -0.39 is 6.17 Å². The molecule has 1 aliphatic rings. The zero-order chi connectivity index (χ0) is 21.2. The minimum Gasteiger partial charge on any atom is -0.494 e. The highest BCUT2D eigenvalue weighted by Crippen LogP contribution is 2.39. The van der Waals surface area contributed by atoms with Crippen molar-refractivity contribution in [3.05, 3.63) is 90.4 Å². The van der Waals surface area contributed by atoms with Gasteiger partial charge in [0.15, 0.2) is 0 Å². The van der Waals surface area contributed by atoms with E-state index in [-0.39, 0.29) is 5.91 Å². The summed E-state index contributed by atoms with van der Waals surface area (Å²) in [7, 11) is 0. The summed E-state index contributed by atoms with van der Waals surface area (Å²) >= 11 is 0. The molecule has 4 aromatic rings. The second kappa shape index (κ2) is 7.95. The van der Waals surface area contributed by atoms with Gasteiger partial charge in [0, 0.05) is 34.9 Å². The molecule has 0 aliphatic carbocycles. The summed E-state index contributed by atoms with van der Waals surface area (Å²) < 4.78 is 5.57. The fraction of sp³-hybridized carbons (Fsp3) is 0.125. The second-order valence-electron chi connectivity index (χ2n) is 7.14. The third kappa shape index (κ3) is 3.40. The number of nitrogens with zero attached hydrogens (tertiary/aromatic N) is 3. The molecule has 7 heteroatoms. The normalized spacial score (nSPS) is 15.3. The predicted octanol–water partition coefficient (Wildman–Crippen LogP) is 4.64. The number of hydrogen-bond donors (Lipinski definition) is 2. The van der Waals surface area contributed by atoms with Gasteiger partial charge in [-0.15, -0.1) is 0 Å². The van der Waals surface area contributed by atoms with E-state index in [4.69, 9.17) is 4.74 Å². The van der Waals surface area contributed by atoms with Crippen LogP contribution in [0.1, 0.15) is 29.0 Å². The number of rotatable bonds is 5. The van der Waals surface area contributed by atoms with Gasteiger partial charge >= 0.3 is 0 Å². The first-order valence-electron chi connectivity index (χ1n) is 10.1. The molecule has 0 bridgehead atoms. The fourth-order valence-corrected chi connectivity index (χ4v) is 3.85. The number of carbonyl (C=O) groups excluding carboxylic acids is 1. The lowest BCUT2D eigenvalue weighted by molar-refractivity contribution is 0.0975. The van der Waals surface area contributed by atoms with Gasteiger partial charge in [-0.25, -0.2) is 0 Å². The summed E-state index contributed by atoms with van der Waals surface area (Å²) in [5.41, 5.74) is 4.74. The number of amides is 1. The first kappa shape index (κ1) is 18.9. The molecule has 7 nitrogen and oxygen atoms in total. The number of anilines is 2. The van der Waals surface area contributed by atoms with Crippen molar-refractivity contribution in [1.29, 1.82) is 0 Å². The summed E-state index contributed by atoms with van der Waals surface area (Å²) in [5, 5.41) is 10.9. The molecule has 5 rings (SSSR count). The maximum Gasteiger partial charge on any atom is 0.262 e. The van der Waals surface area contributed by atoms with Crippen molar-refractivity contribution in [2.24, 2.45) is 0 Å². The average molecular weight is 411 g/mol. The molecule has 0 saturated heterocycles. The van der Waals surface area contributed by atoms with E-state index in [0.29, 0.717) is 12.2 Å². The second-order valence-corrected chi connectivity index (χ2v) is 7.14. The van der Waals surface area contributed by atoms with Gasteiger partial charge in [-0.3, -0.25) is 19.8 Å². The van der Waals surface area contributed by atoms with Crippen molar-refractivity contribution in [2.75, 3.05) is 16.8 Å². The number of fused-ring (bicyclic) bond motifs is 1. The van der Waals surface area contributed by atoms with Gasteiger partial charge in [-0.05, 0) is 55.5 Å². The molecule has 31 heavy (non-hydrogen) atoms. The van der Waals surface area contributed by atoms with Crippen LogP contribution in [0, 0.1) is 0 Å². The summed E-state index contributed by atoms with van der Waals surface area (Å²) in [5.74, 6) is 0.682. The van der Waals surface area contributed by atoms with Crippen LogP contribution in [0.5, 0.6) is 5.75 Å². The van der Waals surface area contributed by atoms with E-state index in [1.54, 1.807) is 23.5 Å². The molecule has 0 unspecified atom stereocenters. The average Bonchev–Trinajstić information content (AvgIpc) is 3.30. The Labute approximate surface area is 179 Å². The lowest BCUT2D eigenvalue weighted by Gasteiger charge is -2.38. The molecule has 0 saturated carbocycles. The Morgan fingerprint density at radius 3 is 2.65 bits per heavy atom. The van der Waals surface area contributed by atoms with E-state index in [9.17, 15) is 4.79 Å². The number of aromatic amines is 1. The summed E-state index contributed by atoms with van der Waals surface area (Å²) in [4.78, 5) is 19.6. The molecule has 154 valence electrons. The van der Waals surface area contributed by atoms with Crippen molar-refractivity contribution in [3.8, 4) is 17.0 Å². The molecule has 1 amide bonds. The van der Waals surface area contributed by atoms with Crippen molar-refractivity contribution in [2.45, 2.75) is 13.1 Å². The van der Waals surface area contributed by atoms with Gasteiger partial charge in [0.2, 0.25) is 0 Å². The summed E-state index contributed by atoms with van der Waals surface area (Å²) in [6.45, 7) is 2.53. The quantitative estimate of drug-likeness (QED) is 0.500. The Hall–Kier alpha value is -4.13. The molecule has 2 N–H and O–H groups in total. The Kier molecular flexibility index (Phi) is 4.84. The number of hydrogen-bond acceptors (Lipinski definition) is 5. The van der Waals surface area contributed by atoms with Crippen LogP contribution in [0.4, 0.5) is 11.4 Å². The molecule has 2 aromatic heterocycles. The maximum atomic E-state index is 13.6. The Morgan fingerprint density at radius 1 is 1.03 bits per heavy atom. The highest BCUT2D eigenvalue weighted by Gasteiger charge is 2.36. The van der Waals surface area contributed by atoms with Crippen molar-refractivity contribution < 1.29 is 9.53 Å². The first-order valence-corrected chi connectivity index (χ1v) is 10.1. The standard InChI is InChI=1S/C24H21N5O2/c1-2-31-18-11-9-17(10-12-18)29-23(27-21-8-4-3-7-19(21)24(29)30)20-15-26-28-22(20)16-6-5-13-25-14-16/h3-15,23,27H,2H2,1H3,(H,26,28)/t23-/m1/s1. The zero-order valence-electron chi connectivity index (χ0n) is 16.9. The lowest BCUT2D eigenvalue weighted by Crippen LogP contribution is -2.43. The zero-order valence-corrected chi connectivity index (χ0v) is 16.9. The maximum absolute atomic E-state index is 13.6. The Balaban J connectivity index is 1.62. The molecule has 0 spiro atoms. The van der Waals surface area contributed by atoms with E-state index in [1.807, 2.05) is 67.6 Å². The van der Waals surface area contributed by atoms with Crippen LogP contribution in [0.15, 0.2) is 79.3 Å². The molecular weight excluding hydrogens is 390 g/mol. The highest BCUT2D eigenvalue weighted by atomic mass is 16.5. The Morgan fingerprint density at radius 2 is 1.87 bits per heavy atom. The van der Waals surface area contributed by atoms with Gasteiger partial charge < -0.3 is 10.1 Å². The molecule has 1 atom stereocenters. The molecular formula is C24H21N5O2. The number of nitrogens with one attached hydrogen (secondary N) is 2. The van der Waals surface area contributed by atoms with Crippen molar-refractivity contribution in [3.63, 3.8) is 0 Å². The van der Waals surface area contributed by atoms with E-state index in [2.05, 4.69) is 20.5 Å². The van der Waals surface area contributed by atoms with Crippen LogP contribution in [0.2, 0.25) is 0 Å². The molecule has 0 radical (unpaired) electrons. The van der Waals surface area contributed by atoms with Crippen LogP contribution in [-0.4, -0.2) is 27.7 Å². The molecule has 0 fully saturated rings. The number of ether oxygens (including phenoxy) is 1. The summed E-state index contributed by atoms with van der Waals surface area (Å²) in [6.07, 6.45) is 4.80. The number of benzene rings is 2. The minimum atomic E-state index is -0.450. The van der Waals surface area contributed by atoms with Crippen LogP contribution >= 0.6 is 0 Å². The number of pyridine rings is 1.